The molecule has 1 unspecified atom stereocenters. The van der Waals surface area contributed by atoms with E-state index in [1.807, 2.05) is 13.0 Å². The number of anilines is 1. The average Bonchev–Trinajstić information content (AvgIpc) is 2.65. The average molecular weight is 461 g/mol. The number of rotatable bonds is 6. The molecule has 0 aliphatic carbocycles. The molecule has 0 aromatic heterocycles. The number of aryl methyl sites for hydroxylation is 1. The zero-order chi connectivity index (χ0) is 24.5. The Morgan fingerprint density at radius 3 is 2.03 bits per heavy atom. The molecule has 32 heavy (non-hydrogen) atoms. The first-order valence-electron chi connectivity index (χ1n) is 10.7. The molecule has 2 aromatic carbocycles. The first kappa shape index (κ1) is 25.9. The summed E-state index contributed by atoms with van der Waals surface area (Å²) >= 11 is 0. The molecule has 176 valence electrons. The third-order valence-corrected chi connectivity index (χ3v) is 7.43. The SMILES string of the molecule is Cc1ccc(C(CN(C)S(=O)(=O)N(C(=O)O)c2ccccc2)C(C)(C)C)c(C(C)(C)C)c1. The van der Waals surface area contributed by atoms with Gasteiger partial charge in [0.15, 0.2) is 0 Å². The molecule has 0 radical (unpaired) electrons. The smallest absolute Gasteiger partial charge is 0.426 e. The molecule has 0 saturated heterocycles. The summed E-state index contributed by atoms with van der Waals surface area (Å²) in [6, 6.07) is 14.2. The highest BCUT2D eigenvalue weighted by atomic mass is 32.2. The van der Waals surface area contributed by atoms with Gasteiger partial charge in [0.25, 0.3) is 0 Å². The van der Waals surface area contributed by atoms with Crippen LogP contribution in [0.4, 0.5) is 10.5 Å². The second-order valence-corrected chi connectivity index (χ2v) is 12.3. The molecule has 0 heterocycles. The van der Waals surface area contributed by atoms with Crippen molar-refractivity contribution in [2.45, 2.75) is 59.8 Å². The fourth-order valence-electron chi connectivity index (χ4n) is 3.86. The highest BCUT2D eigenvalue weighted by molar-refractivity contribution is 7.91. The van der Waals surface area contributed by atoms with Crippen molar-refractivity contribution in [1.82, 2.24) is 4.31 Å². The maximum absolute atomic E-state index is 13.4. The van der Waals surface area contributed by atoms with Gasteiger partial charge in [-0.1, -0.05) is 83.5 Å². The number of amides is 1. The lowest BCUT2D eigenvalue weighted by Gasteiger charge is -2.38. The lowest BCUT2D eigenvalue weighted by molar-refractivity contribution is 0.205. The van der Waals surface area contributed by atoms with Gasteiger partial charge in [-0.15, -0.1) is 0 Å². The Labute approximate surface area is 193 Å². The predicted molar refractivity (Wildman–Crippen MR) is 131 cm³/mol. The predicted octanol–water partition coefficient (Wildman–Crippen LogP) is 5.78. The number of para-hydroxylation sites is 1. The number of benzene rings is 2. The maximum Gasteiger partial charge on any atom is 0.426 e. The fourth-order valence-corrected chi connectivity index (χ4v) is 5.06. The van der Waals surface area contributed by atoms with E-state index in [1.165, 1.54) is 24.7 Å². The Bertz CT molecular complexity index is 1050. The van der Waals surface area contributed by atoms with Crippen molar-refractivity contribution in [2.24, 2.45) is 5.41 Å². The van der Waals surface area contributed by atoms with Gasteiger partial charge < -0.3 is 5.11 Å². The van der Waals surface area contributed by atoms with Crippen LogP contribution in [0.1, 0.15) is 64.2 Å². The van der Waals surface area contributed by atoms with Crippen molar-refractivity contribution in [3.8, 4) is 0 Å². The Kier molecular flexibility index (Phi) is 7.47. The van der Waals surface area contributed by atoms with E-state index in [0.29, 0.717) is 4.31 Å². The van der Waals surface area contributed by atoms with Crippen LogP contribution in [0, 0.1) is 12.3 Å². The normalized spacial score (nSPS) is 13.8. The van der Waals surface area contributed by atoms with Crippen LogP contribution < -0.4 is 4.31 Å². The highest BCUT2D eigenvalue weighted by Gasteiger charge is 2.38. The highest BCUT2D eigenvalue weighted by Crippen LogP contribution is 2.41. The molecule has 0 spiro atoms. The van der Waals surface area contributed by atoms with Crippen molar-refractivity contribution < 1.29 is 18.3 Å². The van der Waals surface area contributed by atoms with Crippen LogP contribution in [0.25, 0.3) is 0 Å². The van der Waals surface area contributed by atoms with Crippen molar-refractivity contribution in [1.29, 1.82) is 0 Å². The van der Waals surface area contributed by atoms with Gasteiger partial charge in [-0.3, -0.25) is 0 Å². The second-order valence-electron chi connectivity index (χ2n) is 10.4. The summed E-state index contributed by atoms with van der Waals surface area (Å²) in [5, 5.41) is 9.72. The van der Waals surface area contributed by atoms with Gasteiger partial charge in [0, 0.05) is 19.5 Å². The third kappa shape index (κ3) is 5.70. The molecule has 0 saturated carbocycles. The molecule has 2 aromatic rings. The fraction of sp³-hybridized carbons (Fsp3) is 0.480. The standard InChI is InChI=1S/C25H36N2O4S/c1-18-14-15-20(21(16-18)24(2,3)4)22(25(5,6)7)17-26(8)32(30,31)27(23(28)29)19-12-10-9-11-13-19/h9-16,22H,17H2,1-8H3,(H,28,29). The van der Waals surface area contributed by atoms with Gasteiger partial charge in [-0.25, -0.2) is 4.79 Å². The summed E-state index contributed by atoms with van der Waals surface area (Å²) in [5.41, 5.74) is 3.10. The summed E-state index contributed by atoms with van der Waals surface area (Å²) < 4.78 is 28.3. The molecule has 6 nitrogen and oxygen atoms in total. The first-order chi connectivity index (χ1) is 14.6. The number of carboxylic acid groups (broad SMARTS) is 1. The third-order valence-electron chi connectivity index (χ3n) is 5.67. The molecule has 0 bridgehead atoms. The topological polar surface area (TPSA) is 77.9 Å². The monoisotopic (exact) mass is 460 g/mol. The zero-order valence-corrected chi connectivity index (χ0v) is 21.2. The molecule has 0 aliphatic rings. The summed E-state index contributed by atoms with van der Waals surface area (Å²) in [6.45, 7) is 14.9. The molecule has 1 amide bonds. The Morgan fingerprint density at radius 1 is 1.00 bits per heavy atom. The number of carbonyl (C=O) groups is 1. The van der Waals surface area contributed by atoms with Crippen LogP contribution in [0.15, 0.2) is 48.5 Å². The van der Waals surface area contributed by atoms with Crippen LogP contribution >= 0.6 is 0 Å². The van der Waals surface area contributed by atoms with Crippen LogP contribution in [0.3, 0.4) is 0 Å². The Hall–Kier alpha value is -2.38. The maximum atomic E-state index is 13.4. The van der Waals surface area contributed by atoms with Gasteiger partial charge >= 0.3 is 16.3 Å². The molecule has 2 rings (SSSR count). The van der Waals surface area contributed by atoms with Crippen molar-refractivity contribution >= 4 is 22.0 Å². The van der Waals surface area contributed by atoms with E-state index in [1.54, 1.807) is 18.2 Å². The van der Waals surface area contributed by atoms with Gasteiger partial charge in [-0.05, 0) is 41.0 Å². The van der Waals surface area contributed by atoms with Crippen LogP contribution in [-0.2, 0) is 15.6 Å². The summed E-state index contributed by atoms with van der Waals surface area (Å²) in [5.74, 6) is -0.150. The van der Waals surface area contributed by atoms with Crippen molar-refractivity contribution in [3.05, 3.63) is 65.2 Å². The van der Waals surface area contributed by atoms with E-state index in [-0.39, 0.29) is 29.0 Å². The minimum absolute atomic E-state index is 0.0878. The molecule has 1 N–H and O–H groups in total. The van der Waals surface area contributed by atoms with Gasteiger partial charge in [0.2, 0.25) is 0 Å². The summed E-state index contributed by atoms with van der Waals surface area (Å²) in [4.78, 5) is 11.9. The van der Waals surface area contributed by atoms with Crippen LogP contribution in [-0.4, -0.2) is 37.5 Å². The molecular formula is C25H36N2O4S. The number of likely N-dealkylation sites (N-methyl/N-ethyl adjacent to an activating group) is 1. The number of hydrogen-bond acceptors (Lipinski definition) is 3. The van der Waals surface area contributed by atoms with E-state index in [0.717, 1.165) is 15.4 Å². The number of nitrogens with zero attached hydrogens (tertiary/aromatic N) is 2. The molecule has 7 heteroatoms. The van der Waals surface area contributed by atoms with Crippen LogP contribution in [0.5, 0.6) is 0 Å². The molecular weight excluding hydrogens is 424 g/mol. The summed E-state index contributed by atoms with van der Waals surface area (Å²) in [6.07, 6.45) is -1.54. The van der Waals surface area contributed by atoms with E-state index in [4.69, 9.17) is 0 Å². The van der Waals surface area contributed by atoms with Crippen molar-refractivity contribution in [2.75, 3.05) is 17.9 Å². The molecule has 0 aliphatic heterocycles. The Morgan fingerprint density at radius 2 is 1.56 bits per heavy atom. The van der Waals surface area contributed by atoms with Gasteiger partial charge in [-0.2, -0.15) is 17.0 Å². The Balaban J connectivity index is 2.54. The van der Waals surface area contributed by atoms with E-state index in [9.17, 15) is 18.3 Å². The van der Waals surface area contributed by atoms with Crippen LogP contribution in [0.2, 0.25) is 0 Å². The van der Waals surface area contributed by atoms with E-state index < -0.39 is 16.3 Å². The summed E-state index contributed by atoms with van der Waals surface area (Å²) in [7, 11) is -2.86. The van der Waals surface area contributed by atoms with Crippen molar-refractivity contribution in [3.63, 3.8) is 0 Å². The quantitative estimate of drug-likeness (QED) is 0.592. The number of hydrogen-bond donors (Lipinski definition) is 1. The zero-order valence-electron chi connectivity index (χ0n) is 20.4. The largest absolute Gasteiger partial charge is 0.464 e. The first-order valence-corrected chi connectivity index (χ1v) is 12.1. The molecule has 1 atom stereocenters. The second kappa shape index (κ2) is 9.24. The van der Waals surface area contributed by atoms with Gasteiger partial charge in [0.1, 0.15) is 0 Å². The minimum Gasteiger partial charge on any atom is -0.464 e. The lowest BCUT2D eigenvalue weighted by atomic mass is 9.71. The van der Waals surface area contributed by atoms with E-state index in [2.05, 4.69) is 53.7 Å². The minimum atomic E-state index is -4.31. The van der Waals surface area contributed by atoms with E-state index >= 15 is 0 Å². The van der Waals surface area contributed by atoms with Gasteiger partial charge in [0.05, 0.1) is 5.69 Å². The molecule has 0 fully saturated rings. The lowest BCUT2D eigenvalue weighted by Crippen LogP contribution is -2.47.